The summed E-state index contributed by atoms with van der Waals surface area (Å²) in [6, 6.07) is 13.2. The molecule has 10 heteroatoms. The van der Waals surface area contributed by atoms with Crippen LogP contribution in [0.25, 0.3) is 11.1 Å². The molecule has 2 amide bonds. The molecule has 0 aliphatic rings. The number of rotatable bonds is 7. The maximum Gasteiger partial charge on any atom is 1.00 e. The van der Waals surface area contributed by atoms with Gasteiger partial charge in [0.25, 0.3) is 5.56 Å². The van der Waals surface area contributed by atoms with Crippen molar-refractivity contribution in [1.82, 2.24) is 9.88 Å². The number of urea groups is 1. The van der Waals surface area contributed by atoms with Crippen LogP contribution in [0, 0.1) is 13.8 Å². The largest absolute Gasteiger partial charge is 1.00 e. The molecule has 0 radical (unpaired) electrons. The van der Waals surface area contributed by atoms with E-state index in [0.29, 0.717) is 17.7 Å². The summed E-state index contributed by atoms with van der Waals surface area (Å²) >= 11 is 0. The van der Waals surface area contributed by atoms with Gasteiger partial charge >= 0.3 is 65.1 Å². The Labute approximate surface area is 248 Å². The van der Waals surface area contributed by atoms with Crippen LogP contribution >= 0.6 is 0 Å². The van der Waals surface area contributed by atoms with Gasteiger partial charge in [0.05, 0.1) is 6.04 Å². The number of hydrogen-bond acceptors (Lipinski definition) is 5. The number of aliphatic carboxylic acids is 1. The SMILES string of the molecule is CCn1cc(C)c([O-])c(NC(=O)N[C@@H](CC(=O)[O-])c2cccc(-c3ccc(C)cc3)c2)c1=O.[Na+].[Na+]. The van der Waals surface area contributed by atoms with Crippen molar-refractivity contribution in [2.24, 2.45) is 0 Å². The molecule has 0 unspecified atom stereocenters. The van der Waals surface area contributed by atoms with E-state index in [-0.39, 0.29) is 64.8 Å². The monoisotopic (exact) mass is 493 g/mol. The standard InChI is InChI=1S/C25H27N3O5.2Na/c1-4-28-14-16(3)23(31)22(24(28)32)27-25(33)26-20(13-21(29)30)19-7-5-6-18(12-19)17-10-8-15(2)9-11-17;;/h5-12,14,20,31H,4,13H2,1-3H3,(H,29,30)(H2,26,27,33);;/q;2*+1/p-2/t20-;;/m0../s1. The summed E-state index contributed by atoms with van der Waals surface area (Å²) in [7, 11) is 0. The summed E-state index contributed by atoms with van der Waals surface area (Å²) < 4.78 is 1.32. The van der Waals surface area contributed by atoms with E-state index in [0.717, 1.165) is 16.7 Å². The number of hydrogen-bond donors (Lipinski definition) is 2. The molecule has 2 N–H and O–H groups in total. The fourth-order valence-electron chi connectivity index (χ4n) is 3.54. The third kappa shape index (κ3) is 7.96. The third-order valence-corrected chi connectivity index (χ3v) is 5.34. The molecule has 1 atom stereocenters. The predicted octanol–water partition coefficient (Wildman–Crippen LogP) is -3.76. The molecule has 0 aliphatic heterocycles. The fourth-order valence-corrected chi connectivity index (χ4v) is 3.54. The second-order valence-electron chi connectivity index (χ2n) is 7.83. The second-order valence-corrected chi connectivity index (χ2v) is 7.83. The van der Waals surface area contributed by atoms with Gasteiger partial charge in [-0.1, -0.05) is 53.8 Å². The first kappa shape index (κ1) is 31.0. The van der Waals surface area contributed by atoms with Gasteiger partial charge < -0.3 is 30.2 Å². The number of aromatic nitrogens is 1. The normalized spacial score (nSPS) is 10.9. The van der Waals surface area contributed by atoms with Gasteiger partial charge in [-0.05, 0) is 49.1 Å². The van der Waals surface area contributed by atoms with E-state index in [1.165, 1.54) is 10.8 Å². The number of amides is 2. The molecule has 2 aromatic carbocycles. The van der Waals surface area contributed by atoms with E-state index >= 15 is 0 Å². The van der Waals surface area contributed by atoms with Gasteiger partial charge in [0.15, 0.2) is 0 Å². The first-order valence-electron chi connectivity index (χ1n) is 10.5. The van der Waals surface area contributed by atoms with Crippen LogP contribution in [0.5, 0.6) is 5.75 Å². The molecule has 0 saturated carbocycles. The van der Waals surface area contributed by atoms with Crippen LogP contribution in [0.15, 0.2) is 59.5 Å². The van der Waals surface area contributed by atoms with Crippen LogP contribution in [0.2, 0.25) is 0 Å². The van der Waals surface area contributed by atoms with Crippen LogP contribution in [-0.2, 0) is 11.3 Å². The topological polar surface area (TPSA) is 126 Å². The molecule has 35 heavy (non-hydrogen) atoms. The van der Waals surface area contributed by atoms with Gasteiger partial charge in [-0.2, -0.15) is 0 Å². The zero-order valence-corrected chi connectivity index (χ0v) is 24.7. The van der Waals surface area contributed by atoms with Crippen molar-refractivity contribution in [3.05, 3.63) is 81.8 Å². The molecular weight excluding hydrogens is 468 g/mol. The molecule has 172 valence electrons. The average Bonchev–Trinajstić information content (AvgIpc) is 2.79. The fraction of sp³-hybridized carbons (Fsp3) is 0.240. The number of aryl methyl sites for hydroxylation is 3. The number of carboxylic acids is 1. The molecule has 0 spiro atoms. The van der Waals surface area contributed by atoms with E-state index in [1.807, 2.05) is 37.3 Å². The van der Waals surface area contributed by atoms with Crippen LogP contribution in [0.3, 0.4) is 0 Å². The molecule has 3 rings (SSSR count). The van der Waals surface area contributed by atoms with E-state index in [1.54, 1.807) is 32.0 Å². The van der Waals surface area contributed by atoms with Crippen molar-refractivity contribution in [2.45, 2.75) is 39.8 Å². The Balaban J connectivity index is 0.00000306. The van der Waals surface area contributed by atoms with Crippen molar-refractivity contribution in [1.29, 1.82) is 0 Å². The Morgan fingerprint density at radius 1 is 1.03 bits per heavy atom. The molecule has 1 heterocycles. The molecule has 0 saturated heterocycles. The summed E-state index contributed by atoms with van der Waals surface area (Å²) in [6.07, 6.45) is 0.950. The van der Waals surface area contributed by atoms with Crippen LogP contribution in [-0.4, -0.2) is 16.6 Å². The number of carbonyl (C=O) groups excluding carboxylic acids is 2. The number of carbonyl (C=O) groups is 2. The van der Waals surface area contributed by atoms with E-state index in [4.69, 9.17) is 0 Å². The minimum atomic E-state index is -1.35. The summed E-state index contributed by atoms with van der Waals surface area (Å²) in [5.74, 6) is -1.94. The first-order valence-corrected chi connectivity index (χ1v) is 10.5. The summed E-state index contributed by atoms with van der Waals surface area (Å²) in [6.45, 7) is 5.60. The zero-order chi connectivity index (χ0) is 24.1. The molecule has 8 nitrogen and oxygen atoms in total. The maximum absolute atomic E-state index is 12.7. The van der Waals surface area contributed by atoms with Crippen LogP contribution in [0.4, 0.5) is 10.5 Å². The Morgan fingerprint density at radius 2 is 1.69 bits per heavy atom. The number of benzene rings is 2. The molecular formula is C25H25N3Na2O5. The number of nitrogens with zero attached hydrogens (tertiary/aromatic N) is 1. The van der Waals surface area contributed by atoms with Gasteiger partial charge in [0.2, 0.25) is 0 Å². The van der Waals surface area contributed by atoms with Crippen LogP contribution in [0.1, 0.15) is 36.1 Å². The predicted molar refractivity (Wildman–Crippen MR) is 122 cm³/mol. The Morgan fingerprint density at radius 3 is 2.29 bits per heavy atom. The summed E-state index contributed by atoms with van der Waals surface area (Å²) in [5.41, 5.74) is 2.75. The number of nitrogens with one attached hydrogen (secondary N) is 2. The van der Waals surface area contributed by atoms with Crippen molar-refractivity contribution in [3.63, 3.8) is 0 Å². The van der Waals surface area contributed by atoms with Gasteiger partial charge in [-0.15, -0.1) is 0 Å². The van der Waals surface area contributed by atoms with Crippen molar-refractivity contribution in [2.75, 3.05) is 5.32 Å². The summed E-state index contributed by atoms with van der Waals surface area (Å²) in [4.78, 5) is 36.5. The zero-order valence-electron chi connectivity index (χ0n) is 20.7. The Kier molecular flexibility index (Phi) is 12.3. The molecule has 3 aromatic rings. The molecule has 1 aromatic heterocycles. The Bertz CT molecular complexity index is 1240. The molecule has 0 aliphatic carbocycles. The smallest absolute Gasteiger partial charge is 0.871 e. The second kappa shape index (κ2) is 13.9. The van der Waals surface area contributed by atoms with Gasteiger partial charge in [-0.3, -0.25) is 4.79 Å². The quantitative estimate of drug-likeness (QED) is 0.327. The van der Waals surface area contributed by atoms with Crippen LogP contribution < -0.4 is 85.5 Å². The van der Waals surface area contributed by atoms with Crippen molar-refractivity contribution >= 4 is 17.7 Å². The maximum atomic E-state index is 12.7. The summed E-state index contributed by atoms with van der Waals surface area (Å²) in [5, 5.41) is 28.6. The minimum absolute atomic E-state index is 0. The Hall–Kier alpha value is -2.07. The number of pyridine rings is 1. The average molecular weight is 493 g/mol. The van der Waals surface area contributed by atoms with Gasteiger partial charge in [0, 0.05) is 25.1 Å². The number of anilines is 1. The molecule has 0 bridgehead atoms. The third-order valence-electron chi connectivity index (χ3n) is 5.34. The number of carboxylic acid groups (broad SMARTS) is 1. The van der Waals surface area contributed by atoms with Crippen molar-refractivity contribution < 1.29 is 78.9 Å². The van der Waals surface area contributed by atoms with E-state index in [2.05, 4.69) is 10.6 Å². The van der Waals surface area contributed by atoms with E-state index < -0.39 is 35.8 Å². The van der Waals surface area contributed by atoms with Gasteiger partial charge in [0.1, 0.15) is 5.69 Å². The van der Waals surface area contributed by atoms with Gasteiger partial charge in [-0.25, -0.2) is 4.79 Å². The van der Waals surface area contributed by atoms with Crippen molar-refractivity contribution in [3.8, 4) is 16.9 Å². The molecule has 0 fully saturated rings. The minimum Gasteiger partial charge on any atom is -0.871 e. The first-order chi connectivity index (χ1) is 15.7. The van der Waals surface area contributed by atoms with E-state index in [9.17, 15) is 24.6 Å².